The number of hydrogen-bond acceptors (Lipinski definition) is 3. The quantitative estimate of drug-likeness (QED) is 0.783. The number of benzene rings is 1. The summed E-state index contributed by atoms with van der Waals surface area (Å²) in [6.45, 7) is 7.13. The Bertz CT molecular complexity index is 537. The summed E-state index contributed by atoms with van der Waals surface area (Å²) >= 11 is 0. The second-order valence-corrected chi connectivity index (χ2v) is 7.30. The molecular weight excluding hydrogens is 312 g/mol. The lowest BCUT2D eigenvalue weighted by Gasteiger charge is -2.37. The van der Waals surface area contributed by atoms with Crippen LogP contribution in [0.2, 0.25) is 0 Å². The summed E-state index contributed by atoms with van der Waals surface area (Å²) in [5.41, 5.74) is 0.785. The molecule has 2 aliphatic heterocycles. The lowest BCUT2D eigenvalue weighted by atomic mass is 9.97. The maximum Gasteiger partial charge on any atom is 0.254 e. The summed E-state index contributed by atoms with van der Waals surface area (Å²) in [5, 5.41) is 0. The number of nitrogens with zero attached hydrogens (tertiary/aromatic N) is 2. The van der Waals surface area contributed by atoms with Crippen molar-refractivity contribution in [2.45, 2.75) is 57.9 Å². The van der Waals surface area contributed by atoms with Crippen molar-refractivity contribution in [1.82, 2.24) is 9.80 Å². The molecule has 0 unspecified atom stereocenters. The van der Waals surface area contributed by atoms with E-state index in [4.69, 9.17) is 4.74 Å². The van der Waals surface area contributed by atoms with Crippen LogP contribution in [0.4, 0.5) is 0 Å². The van der Waals surface area contributed by atoms with E-state index in [2.05, 4.69) is 9.80 Å². The summed E-state index contributed by atoms with van der Waals surface area (Å²) in [6, 6.07) is 8.02. The van der Waals surface area contributed by atoms with Crippen molar-refractivity contribution in [3.05, 3.63) is 29.8 Å². The topological polar surface area (TPSA) is 32.8 Å². The van der Waals surface area contributed by atoms with E-state index in [0.29, 0.717) is 12.6 Å². The zero-order valence-corrected chi connectivity index (χ0v) is 15.6. The Labute approximate surface area is 152 Å². The number of likely N-dealkylation sites (tertiary alicyclic amines) is 2. The lowest BCUT2D eigenvalue weighted by Crippen LogP contribution is -2.45. The fraction of sp³-hybridized carbons (Fsp3) is 0.667. The van der Waals surface area contributed by atoms with Crippen LogP contribution in [-0.2, 0) is 0 Å². The van der Waals surface area contributed by atoms with Crippen LogP contribution in [0.15, 0.2) is 24.3 Å². The summed E-state index contributed by atoms with van der Waals surface area (Å²) in [4.78, 5) is 17.7. The van der Waals surface area contributed by atoms with E-state index in [-0.39, 0.29) is 5.91 Å². The Kier molecular flexibility index (Phi) is 6.74. The Morgan fingerprint density at radius 2 is 1.76 bits per heavy atom. The average Bonchev–Trinajstić information content (AvgIpc) is 2.68. The van der Waals surface area contributed by atoms with Crippen LogP contribution in [0.25, 0.3) is 0 Å². The van der Waals surface area contributed by atoms with E-state index in [1.807, 2.05) is 31.2 Å². The summed E-state index contributed by atoms with van der Waals surface area (Å²) in [7, 11) is 0. The van der Waals surface area contributed by atoms with Gasteiger partial charge in [0.1, 0.15) is 5.75 Å². The molecule has 0 N–H and O–H groups in total. The van der Waals surface area contributed by atoms with Crippen LogP contribution in [0.1, 0.15) is 62.2 Å². The van der Waals surface area contributed by atoms with Crippen molar-refractivity contribution in [2.75, 3.05) is 32.8 Å². The van der Waals surface area contributed by atoms with Gasteiger partial charge in [0.25, 0.3) is 5.91 Å². The molecule has 4 nitrogen and oxygen atoms in total. The largest absolute Gasteiger partial charge is 0.494 e. The molecule has 3 rings (SSSR count). The van der Waals surface area contributed by atoms with Gasteiger partial charge in [-0.05, 0) is 82.8 Å². The second kappa shape index (κ2) is 9.23. The molecule has 0 spiro atoms. The lowest BCUT2D eigenvalue weighted by molar-refractivity contribution is 0.0579. The highest BCUT2D eigenvalue weighted by Gasteiger charge is 2.27. The number of ether oxygens (including phenoxy) is 1. The van der Waals surface area contributed by atoms with Crippen LogP contribution < -0.4 is 4.74 Å². The Balaban J connectivity index is 1.59. The predicted octanol–water partition coefficient (Wildman–Crippen LogP) is 3.96. The van der Waals surface area contributed by atoms with Gasteiger partial charge in [-0.2, -0.15) is 0 Å². The predicted molar refractivity (Wildman–Crippen MR) is 101 cm³/mol. The molecule has 1 aromatic rings. The van der Waals surface area contributed by atoms with Crippen LogP contribution in [0.3, 0.4) is 0 Å². The first-order valence-electron chi connectivity index (χ1n) is 10.0. The first kappa shape index (κ1) is 18.2. The molecule has 0 aromatic heterocycles. The number of piperidine rings is 2. The van der Waals surface area contributed by atoms with Crippen molar-refractivity contribution < 1.29 is 9.53 Å². The third-order valence-corrected chi connectivity index (χ3v) is 5.53. The van der Waals surface area contributed by atoms with Crippen molar-refractivity contribution in [3.8, 4) is 5.75 Å². The molecule has 2 saturated heterocycles. The molecular formula is C21H32N2O2. The normalized spacial score (nSPS) is 22.0. The average molecular weight is 344 g/mol. The minimum atomic E-state index is 0.186. The van der Waals surface area contributed by atoms with Gasteiger partial charge in [-0.25, -0.2) is 0 Å². The smallest absolute Gasteiger partial charge is 0.254 e. The molecule has 138 valence electrons. The summed E-state index contributed by atoms with van der Waals surface area (Å²) in [5.74, 6) is 1.02. The third kappa shape index (κ3) is 4.97. The molecule has 1 amide bonds. The molecule has 2 fully saturated rings. The van der Waals surface area contributed by atoms with Crippen molar-refractivity contribution in [2.24, 2.45) is 0 Å². The standard InChI is InChI=1S/C21H32N2O2/c1-2-25-20-11-9-18(10-12-20)21(24)23-16-7-4-8-19(23)13-17-22-14-5-3-6-15-22/h9-12,19H,2-8,13-17H2,1H3/t19-/m0/s1. The maximum absolute atomic E-state index is 13.0. The summed E-state index contributed by atoms with van der Waals surface area (Å²) < 4.78 is 5.48. The molecule has 1 aromatic carbocycles. The molecule has 4 heteroatoms. The highest BCUT2D eigenvalue weighted by atomic mass is 16.5. The van der Waals surface area contributed by atoms with Gasteiger partial charge in [0.15, 0.2) is 0 Å². The number of amides is 1. The van der Waals surface area contributed by atoms with Crippen LogP contribution in [0.5, 0.6) is 5.75 Å². The maximum atomic E-state index is 13.0. The molecule has 0 saturated carbocycles. The monoisotopic (exact) mass is 344 g/mol. The van der Waals surface area contributed by atoms with Gasteiger partial charge in [0.2, 0.25) is 0 Å². The highest BCUT2D eigenvalue weighted by molar-refractivity contribution is 5.94. The van der Waals surface area contributed by atoms with Crippen LogP contribution >= 0.6 is 0 Å². The number of carbonyl (C=O) groups is 1. The summed E-state index contributed by atoms with van der Waals surface area (Å²) in [6.07, 6.45) is 8.68. The van der Waals surface area contributed by atoms with E-state index >= 15 is 0 Å². The van der Waals surface area contributed by atoms with E-state index < -0.39 is 0 Å². The molecule has 25 heavy (non-hydrogen) atoms. The SMILES string of the molecule is CCOc1ccc(C(=O)N2CCCC[C@H]2CCN2CCCCC2)cc1. The minimum absolute atomic E-state index is 0.186. The van der Waals surface area contributed by atoms with Crippen molar-refractivity contribution >= 4 is 5.91 Å². The van der Waals surface area contributed by atoms with Crippen molar-refractivity contribution in [1.29, 1.82) is 0 Å². The molecule has 0 radical (unpaired) electrons. The highest BCUT2D eigenvalue weighted by Crippen LogP contribution is 2.24. The van der Waals surface area contributed by atoms with E-state index in [1.54, 1.807) is 0 Å². The van der Waals surface area contributed by atoms with E-state index in [1.165, 1.54) is 38.8 Å². The zero-order chi connectivity index (χ0) is 17.5. The second-order valence-electron chi connectivity index (χ2n) is 7.30. The number of hydrogen-bond donors (Lipinski definition) is 0. The number of rotatable bonds is 6. The van der Waals surface area contributed by atoms with E-state index in [0.717, 1.165) is 43.7 Å². The Morgan fingerprint density at radius 3 is 2.48 bits per heavy atom. The molecule has 0 aliphatic carbocycles. The minimum Gasteiger partial charge on any atom is -0.494 e. The first-order chi connectivity index (χ1) is 12.3. The van der Waals surface area contributed by atoms with Gasteiger partial charge >= 0.3 is 0 Å². The molecule has 2 aliphatic rings. The van der Waals surface area contributed by atoms with Gasteiger partial charge in [-0.3, -0.25) is 4.79 Å². The molecule has 2 heterocycles. The van der Waals surface area contributed by atoms with Gasteiger partial charge < -0.3 is 14.5 Å². The van der Waals surface area contributed by atoms with Crippen LogP contribution in [0, 0.1) is 0 Å². The third-order valence-electron chi connectivity index (χ3n) is 5.53. The zero-order valence-electron chi connectivity index (χ0n) is 15.6. The van der Waals surface area contributed by atoms with Gasteiger partial charge in [-0.1, -0.05) is 6.42 Å². The van der Waals surface area contributed by atoms with E-state index in [9.17, 15) is 4.79 Å². The van der Waals surface area contributed by atoms with Crippen molar-refractivity contribution in [3.63, 3.8) is 0 Å². The van der Waals surface area contributed by atoms with Crippen LogP contribution in [-0.4, -0.2) is 54.5 Å². The van der Waals surface area contributed by atoms with Gasteiger partial charge in [-0.15, -0.1) is 0 Å². The fourth-order valence-corrected chi connectivity index (χ4v) is 4.11. The number of carbonyl (C=O) groups excluding carboxylic acids is 1. The molecule has 0 bridgehead atoms. The van der Waals surface area contributed by atoms with Gasteiger partial charge in [0.05, 0.1) is 6.61 Å². The first-order valence-corrected chi connectivity index (χ1v) is 10.0. The fourth-order valence-electron chi connectivity index (χ4n) is 4.11. The Hall–Kier alpha value is -1.55. The molecule has 1 atom stereocenters. The van der Waals surface area contributed by atoms with Gasteiger partial charge in [0, 0.05) is 24.7 Å². The Morgan fingerprint density at radius 1 is 1.04 bits per heavy atom.